The first-order valence-electron chi connectivity index (χ1n) is 10.6. The van der Waals surface area contributed by atoms with Crippen LogP contribution in [0.3, 0.4) is 0 Å². The highest BCUT2D eigenvalue weighted by atomic mass is 16.5. The first-order chi connectivity index (χ1) is 16.0. The normalized spacial score (nSPS) is 12.0. The van der Waals surface area contributed by atoms with E-state index < -0.39 is 0 Å². The smallest absolute Gasteiger partial charge is 0.200 e. The zero-order chi connectivity index (χ0) is 23.4. The lowest BCUT2D eigenvalue weighted by molar-refractivity contribution is 0.256. The Kier molecular flexibility index (Phi) is 6.55. The van der Waals surface area contributed by atoms with E-state index in [1.54, 1.807) is 16.8 Å². The lowest BCUT2D eigenvalue weighted by atomic mass is 10.0. The Hall–Kier alpha value is -3.91. The minimum atomic E-state index is -0.230. The molecule has 4 rings (SSSR count). The van der Waals surface area contributed by atoms with Crippen LogP contribution in [-0.4, -0.2) is 51.5 Å². The van der Waals surface area contributed by atoms with Crippen LogP contribution in [0.4, 0.5) is 0 Å². The Morgan fingerprint density at radius 2 is 1.61 bits per heavy atom. The number of phenols is 1. The fourth-order valence-corrected chi connectivity index (χ4v) is 3.99. The highest BCUT2D eigenvalue weighted by Crippen LogP contribution is 2.38. The van der Waals surface area contributed by atoms with Crippen LogP contribution in [0, 0.1) is 6.92 Å². The molecular formula is C25H27N5O3. The van der Waals surface area contributed by atoms with Gasteiger partial charge >= 0.3 is 0 Å². The Balaban J connectivity index is 1.77. The van der Waals surface area contributed by atoms with E-state index in [1.807, 2.05) is 56.4 Å². The van der Waals surface area contributed by atoms with Gasteiger partial charge in [-0.1, -0.05) is 48.5 Å². The Labute approximate surface area is 193 Å². The number of benzene rings is 3. The molecule has 0 fully saturated rings. The van der Waals surface area contributed by atoms with Gasteiger partial charge in [-0.25, -0.2) is 0 Å². The predicted octanol–water partition coefficient (Wildman–Crippen LogP) is 3.91. The number of hydrogen-bond donors (Lipinski definition) is 1. The number of rotatable bonds is 8. The van der Waals surface area contributed by atoms with E-state index in [4.69, 9.17) is 9.47 Å². The minimum absolute atomic E-state index is 0.0190. The number of para-hydroxylation sites is 1. The topological polar surface area (TPSA) is 85.5 Å². The van der Waals surface area contributed by atoms with E-state index in [1.165, 1.54) is 14.2 Å². The maximum absolute atomic E-state index is 10.3. The highest BCUT2D eigenvalue weighted by molar-refractivity contribution is 5.52. The van der Waals surface area contributed by atoms with E-state index in [-0.39, 0.29) is 11.8 Å². The van der Waals surface area contributed by atoms with E-state index in [0.29, 0.717) is 23.9 Å². The molecule has 3 aromatic carbocycles. The monoisotopic (exact) mass is 445 g/mol. The van der Waals surface area contributed by atoms with Crippen molar-refractivity contribution in [2.75, 3.05) is 21.3 Å². The summed E-state index contributed by atoms with van der Waals surface area (Å²) in [6, 6.07) is 21.5. The lowest BCUT2D eigenvalue weighted by Gasteiger charge is -2.28. The van der Waals surface area contributed by atoms with Crippen LogP contribution in [-0.2, 0) is 6.54 Å². The number of aromatic nitrogens is 4. The Morgan fingerprint density at radius 3 is 2.24 bits per heavy atom. The van der Waals surface area contributed by atoms with Crippen LogP contribution in [0.1, 0.15) is 28.6 Å². The van der Waals surface area contributed by atoms with Crippen LogP contribution < -0.4 is 9.47 Å². The van der Waals surface area contributed by atoms with Crippen molar-refractivity contribution in [3.05, 3.63) is 89.2 Å². The van der Waals surface area contributed by atoms with Crippen molar-refractivity contribution in [3.63, 3.8) is 0 Å². The molecule has 1 atom stereocenters. The van der Waals surface area contributed by atoms with Crippen molar-refractivity contribution in [2.24, 2.45) is 0 Å². The van der Waals surface area contributed by atoms with Crippen molar-refractivity contribution >= 4 is 0 Å². The molecule has 8 nitrogen and oxygen atoms in total. The van der Waals surface area contributed by atoms with Crippen LogP contribution in [0.5, 0.6) is 17.2 Å². The predicted molar refractivity (Wildman–Crippen MR) is 125 cm³/mol. The van der Waals surface area contributed by atoms with Gasteiger partial charge in [-0.3, -0.25) is 4.90 Å². The quantitative estimate of drug-likeness (QED) is 0.440. The summed E-state index contributed by atoms with van der Waals surface area (Å²) in [6.45, 7) is 2.57. The van der Waals surface area contributed by atoms with Crippen LogP contribution in [0.25, 0.3) is 5.69 Å². The molecule has 0 saturated carbocycles. The second-order valence-electron chi connectivity index (χ2n) is 7.81. The lowest BCUT2D eigenvalue weighted by Crippen LogP contribution is -2.28. The second kappa shape index (κ2) is 9.70. The molecule has 8 heteroatoms. The van der Waals surface area contributed by atoms with E-state index in [9.17, 15) is 5.11 Å². The van der Waals surface area contributed by atoms with Gasteiger partial charge in [-0.15, -0.1) is 5.10 Å². The van der Waals surface area contributed by atoms with Crippen molar-refractivity contribution < 1.29 is 14.6 Å². The fraction of sp³-hybridized carbons (Fsp3) is 0.240. The molecule has 0 aliphatic rings. The summed E-state index contributed by atoms with van der Waals surface area (Å²) in [7, 11) is 5.05. The molecule has 0 bridgehead atoms. The molecule has 0 aliphatic heterocycles. The van der Waals surface area contributed by atoms with Crippen molar-refractivity contribution in [1.29, 1.82) is 0 Å². The summed E-state index contributed by atoms with van der Waals surface area (Å²) < 4.78 is 12.5. The molecule has 0 spiro atoms. The van der Waals surface area contributed by atoms with Crippen molar-refractivity contribution in [2.45, 2.75) is 19.5 Å². The molecule has 170 valence electrons. The van der Waals surface area contributed by atoms with Gasteiger partial charge in [0.25, 0.3) is 0 Å². The summed E-state index contributed by atoms with van der Waals surface area (Å²) >= 11 is 0. The molecule has 0 aliphatic carbocycles. The van der Waals surface area contributed by atoms with Gasteiger partial charge in [0.1, 0.15) is 0 Å². The van der Waals surface area contributed by atoms with Crippen LogP contribution in [0.2, 0.25) is 0 Å². The third-order valence-corrected chi connectivity index (χ3v) is 5.61. The number of tetrazole rings is 1. The Bertz CT molecular complexity index is 1200. The van der Waals surface area contributed by atoms with Gasteiger partial charge in [0.05, 0.1) is 25.9 Å². The highest BCUT2D eigenvalue weighted by Gasteiger charge is 2.27. The molecular weight excluding hydrogens is 418 g/mol. The number of ether oxygens (including phenoxy) is 2. The first-order valence-corrected chi connectivity index (χ1v) is 10.6. The zero-order valence-electron chi connectivity index (χ0n) is 19.1. The molecule has 0 amide bonds. The average Bonchev–Trinajstić information content (AvgIpc) is 3.30. The molecule has 0 unspecified atom stereocenters. The first kappa shape index (κ1) is 22.3. The maximum Gasteiger partial charge on any atom is 0.200 e. The fourth-order valence-electron chi connectivity index (χ4n) is 3.99. The van der Waals surface area contributed by atoms with Gasteiger partial charge in [-0.2, -0.15) is 4.68 Å². The second-order valence-corrected chi connectivity index (χ2v) is 7.81. The number of hydrogen-bond acceptors (Lipinski definition) is 7. The van der Waals surface area contributed by atoms with Gasteiger partial charge in [-0.05, 0) is 59.3 Å². The average molecular weight is 446 g/mol. The van der Waals surface area contributed by atoms with E-state index >= 15 is 0 Å². The standard InChI is InChI=1S/C25H27N5O3/c1-17-10-8-9-13-20(17)30-25(26-27-28-30)23(19-11-6-5-7-12-19)29(2)16-18-14-21(32-3)24(31)22(15-18)33-4/h5-15,23,31H,16H2,1-4H3/t23-/m1/s1. The molecule has 33 heavy (non-hydrogen) atoms. The van der Waals surface area contributed by atoms with Gasteiger partial charge < -0.3 is 14.6 Å². The van der Waals surface area contributed by atoms with E-state index in [2.05, 4.69) is 32.6 Å². The maximum atomic E-state index is 10.3. The summed E-state index contributed by atoms with van der Waals surface area (Å²) in [4.78, 5) is 2.15. The number of aryl methyl sites for hydroxylation is 1. The van der Waals surface area contributed by atoms with Crippen molar-refractivity contribution in [3.8, 4) is 22.9 Å². The molecule has 1 heterocycles. The van der Waals surface area contributed by atoms with Gasteiger partial charge in [0, 0.05) is 6.54 Å². The zero-order valence-corrected chi connectivity index (χ0v) is 19.1. The van der Waals surface area contributed by atoms with Gasteiger partial charge in [0.2, 0.25) is 5.75 Å². The molecule has 0 radical (unpaired) electrons. The molecule has 1 aromatic heterocycles. The van der Waals surface area contributed by atoms with Crippen LogP contribution >= 0.6 is 0 Å². The molecule has 0 saturated heterocycles. The third-order valence-electron chi connectivity index (χ3n) is 5.61. The number of methoxy groups -OCH3 is 2. The van der Waals surface area contributed by atoms with Gasteiger partial charge in [0.15, 0.2) is 17.3 Å². The molecule has 1 N–H and O–H groups in total. The summed E-state index contributed by atoms with van der Waals surface area (Å²) in [6.07, 6.45) is 0. The minimum Gasteiger partial charge on any atom is -0.502 e. The summed E-state index contributed by atoms with van der Waals surface area (Å²) in [5.74, 6) is 1.41. The SMILES string of the molecule is COc1cc(CN(C)[C@H](c2ccccc2)c2nnnn2-c2ccccc2C)cc(OC)c1O. The number of aromatic hydroxyl groups is 1. The third kappa shape index (κ3) is 4.51. The Morgan fingerprint density at radius 1 is 0.970 bits per heavy atom. The largest absolute Gasteiger partial charge is 0.502 e. The van der Waals surface area contributed by atoms with Crippen molar-refractivity contribution in [1.82, 2.24) is 25.1 Å². The molecule has 4 aromatic rings. The van der Waals surface area contributed by atoms with Crippen LogP contribution in [0.15, 0.2) is 66.7 Å². The summed E-state index contributed by atoms with van der Waals surface area (Å²) in [5, 5.41) is 23.0. The number of phenolic OH excluding ortho intramolecular Hbond substituents is 1. The summed E-state index contributed by atoms with van der Waals surface area (Å²) in [5.41, 5.74) is 3.98. The van der Waals surface area contributed by atoms with E-state index in [0.717, 1.165) is 22.4 Å². The number of nitrogens with zero attached hydrogens (tertiary/aromatic N) is 5.